The van der Waals surface area contributed by atoms with Crippen LogP contribution in [0.1, 0.15) is 48.5 Å². The van der Waals surface area contributed by atoms with Gasteiger partial charge >= 0.3 is 0 Å². The van der Waals surface area contributed by atoms with Crippen LogP contribution in [-0.4, -0.2) is 34.7 Å². The molecule has 1 amide bonds. The maximum Gasteiger partial charge on any atom is 0.273 e. The third-order valence-electron chi connectivity index (χ3n) is 4.19. The number of carbonyl (C=O) groups excluding carboxylic acids is 2. The Morgan fingerprint density at radius 1 is 1.43 bits per heavy atom. The lowest BCUT2D eigenvalue weighted by atomic mass is 9.80. The molecule has 0 saturated heterocycles. The highest BCUT2D eigenvalue weighted by atomic mass is 32.1. The van der Waals surface area contributed by atoms with Crippen molar-refractivity contribution in [3.05, 3.63) is 27.7 Å². The topological polar surface area (TPSA) is 74.1 Å². The monoisotopic (exact) mass is 331 g/mol. The molecule has 0 unspecified atom stereocenters. The summed E-state index contributed by atoms with van der Waals surface area (Å²) < 4.78 is 0. The smallest absolute Gasteiger partial charge is 0.273 e. The molecule has 0 spiro atoms. The number of rotatable bonds is 1. The first-order chi connectivity index (χ1) is 10.9. The minimum absolute atomic E-state index is 0.0691. The van der Waals surface area contributed by atoms with E-state index in [1.807, 2.05) is 26.8 Å². The second-order valence-corrected chi connectivity index (χ2v) is 7.44. The van der Waals surface area contributed by atoms with Crippen LogP contribution in [0.15, 0.2) is 17.2 Å². The van der Waals surface area contributed by atoms with E-state index in [1.165, 1.54) is 11.3 Å². The predicted octanol–water partition coefficient (Wildman–Crippen LogP) is 3.12. The second-order valence-electron chi connectivity index (χ2n) is 6.38. The molecule has 0 aliphatic carbocycles. The average molecular weight is 331 g/mol. The molecule has 0 fully saturated rings. The lowest BCUT2D eigenvalue weighted by Crippen LogP contribution is -2.35. The number of ketones is 1. The molecule has 23 heavy (non-hydrogen) atoms. The molecule has 1 aromatic heterocycles. The van der Waals surface area contributed by atoms with Crippen molar-refractivity contribution in [2.75, 3.05) is 13.1 Å². The van der Waals surface area contributed by atoms with Gasteiger partial charge in [0.25, 0.3) is 5.91 Å². The summed E-state index contributed by atoms with van der Waals surface area (Å²) in [5, 5.41) is 9.21. The largest absolute Gasteiger partial charge is 0.337 e. The number of Topliss-reactive ketones (excluding diaryl/α,β-unsaturated/α-hetero) is 1. The van der Waals surface area contributed by atoms with Gasteiger partial charge in [0.15, 0.2) is 5.78 Å². The van der Waals surface area contributed by atoms with E-state index in [1.54, 1.807) is 16.5 Å². The molecular formula is C17H21N3O2S. The maximum absolute atomic E-state index is 12.6. The van der Waals surface area contributed by atoms with Crippen LogP contribution in [0.3, 0.4) is 0 Å². The Hall–Kier alpha value is -2.00. The summed E-state index contributed by atoms with van der Waals surface area (Å²) in [5.74, 6) is -0.171. The van der Waals surface area contributed by atoms with Gasteiger partial charge < -0.3 is 4.90 Å². The van der Waals surface area contributed by atoms with E-state index >= 15 is 0 Å². The SMILES string of the molecule is Cc1scnc1C(=O)N1CC/C=C(/C#N)C(=O)C(C)(C)CCC1. The zero-order valence-corrected chi connectivity index (χ0v) is 14.6. The van der Waals surface area contributed by atoms with Gasteiger partial charge in [0.2, 0.25) is 0 Å². The second kappa shape index (κ2) is 7.05. The Bertz CT molecular complexity index is 682. The molecule has 2 rings (SSSR count). The van der Waals surface area contributed by atoms with E-state index in [0.717, 1.165) is 11.3 Å². The minimum atomic E-state index is -0.579. The van der Waals surface area contributed by atoms with Gasteiger partial charge in [0, 0.05) is 23.4 Å². The molecule has 0 aromatic carbocycles. The number of amides is 1. The number of nitrogens with zero attached hydrogens (tertiary/aromatic N) is 3. The van der Waals surface area contributed by atoms with Crippen LogP contribution in [0.25, 0.3) is 0 Å². The predicted molar refractivity (Wildman–Crippen MR) is 89.1 cm³/mol. The van der Waals surface area contributed by atoms with Crippen molar-refractivity contribution in [2.24, 2.45) is 5.41 Å². The lowest BCUT2D eigenvalue weighted by Gasteiger charge is -2.27. The van der Waals surface area contributed by atoms with Crippen LogP contribution in [-0.2, 0) is 4.79 Å². The van der Waals surface area contributed by atoms with Crippen molar-refractivity contribution in [1.82, 2.24) is 9.88 Å². The first-order valence-electron chi connectivity index (χ1n) is 7.71. The standard InChI is InChI=1S/C17H21N3O2S/c1-12-14(19-11-23-12)16(22)20-8-4-6-13(10-18)15(21)17(2,3)7-5-9-20/h6,11H,4-5,7-9H2,1-3H3/b13-6-. The maximum atomic E-state index is 12.6. The molecule has 122 valence electrons. The molecule has 5 nitrogen and oxygen atoms in total. The number of aryl methyl sites for hydroxylation is 1. The molecule has 1 aliphatic heterocycles. The summed E-state index contributed by atoms with van der Waals surface area (Å²) in [5.41, 5.74) is 1.81. The van der Waals surface area contributed by atoms with Crippen molar-refractivity contribution in [3.8, 4) is 6.07 Å². The van der Waals surface area contributed by atoms with E-state index in [9.17, 15) is 14.9 Å². The molecule has 1 aliphatic rings. The number of carbonyl (C=O) groups is 2. The van der Waals surface area contributed by atoms with Gasteiger partial charge in [-0.2, -0.15) is 5.26 Å². The number of aromatic nitrogens is 1. The fraction of sp³-hybridized carbons (Fsp3) is 0.529. The van der Waals surface area contributed by atoms with Crippen LogP contribution in [0.2, 0.25) is 0 Å². The van der Waals surface area contributed by atoms with E-state index < -0.39 is 5.41 Å². The van der Waals surface area contributed by atoms with Crippen LogP contribution in [0, 0.1) is 23.7 Å². The highest BCUT2D eigenvalue weighted by Gasteiger charge is 2.31. The summed E-state index contributed by atoms with van der Waals surface area (Å²) in [6.45, 7) is 6.70. The van der Waals surface area contributed by atoms with Gasteiger partial charge in [-0.1, -0.05) is 19.9 Å². The molecule has 0 saturated carbocycles. The highest BCUT2D eigenvalue weighted by Crippen LogP contribution is 2.28. The fourth-order valence-corrected chi connectivity index (χ4v) is 3.29. The van der Waals surface area contributed by atoms with Crippen LogP contribution < -0.4 is 0 Å². The Morgan fingerprint density at radius 2 is 2.17 bits per heavy atom. The van der Waals surface area contributed by atoms with Crippen molar-refractivity contribution in [2.45, 2.75) is 40.0 Å². The van der Waals surface area contributed by atoms with Gasteiger partial charge in [-0.25, -0.2) is 4.98 Å². The van der Waals surface area contributed by atoms with E-state index in [0.29, 0.717) is 31.6 Å². The minimum Gasteiger partial charge on any atom is -0.337 e. The van der Waals surface area contributed by atoms with E-state index in [4.69, 9.17) is 0 Å². The van der Waals surface area contributed by atoms with E-state index in [-0.39, 0.29) is 17.3 Å². The first-order valence-corrected chi connectivity index (χ1v) is 8.59. The number of hydrogen-bond acceptors (Lipinski definition) is 5. The van der Waals surface area contributed by atoms with Gasteiger partial charge in [0.1, 0.15) is 11.8 Å². The number of allylic oxidation sites excluding steroid dienone is 1. The molecule has 2 heterocycles. The van der Waals surface area contributed by atoms with Crippen molar-refractivity contribution in [3.63, 3.8) is 0 Å². The summed E-state index contributed by atoms with van der Waals surface area (Å²) >= 11 is 1.46. The quantitative estimate of drug-likeness (QED) is 0.792. The third-order valence-corrected chi connectivity index (χ3v) is 4.95. The van der Waals surface area contributed by atoms with Gasteiger partial charge in [-0.3, -0.25) is 9.59 Å². The molecule has 0 N–H and O–H groups in total. The Kier molecular flexibility index (Phi) is 5.32. The summed E-state index contributed by atoms with van der Waals surface area (Å²) in [7, 11) is 0. The van der Waals surface area contributed by atoms with E-state index in [2.05, 4.69) is 4.98 Å². The summed E-state index contributed by atoms with van der Waals surface area (Å²) in [6, 6.07) is 2.00. The summed E-state index contributed by atoms with van der Waals surface area (Å²) in [6.07, 6.45) is 3.53. The normalized spacial score (nSPS) is 21.2. The van der Waals surface area contributed by atoms with Gasteiger partial charge in [0.05, 0.1) is 11.1 Å². The molecule has 1 aromatic rings. The van der Waals surface area contributed by atoms with Crippen LogP contribution >= 0.6 is 11.3 Å². The van der Waals surface area contributed by atoms with Crippen molar-refractivity contribution in [1.29, 1.82) is 5.26 Å². The van der Waals surface area contributed by atoms with Crippen molar-refractivity contribution < 1.29 is 9.59 Å². The van der Waals surface area contributed by atoms with Gasteiger partial charge in [-0.05, 0) is 26.2 Å². The number of thiazole rings is 1. The highest BCUT2D eigenvalue weighted by molar-refractivity contribution is 7.09. The fourth-order valence-electron chi connectivity index (χ4n) is 2.72. The number of hydrogen-bond donors (Lipinski definition) is 0. The molecule has 0 radical (unpaired) electrons. The zero-order chi connectivity index (χ0) is 17.0. The zero-order valence-electron chi connectivity index (χ0n) is 13.8. The van der Waals surface area contributed by atoms with Crippen LogP contribution in [0.4, 0.5) is 0 Å². The molecule has 0 bridgehead atoms. The Balaban J connectivity index is 2.22. The molecule has 0 atom stereocenters. The molecule has 6 heteroatoms. The first kappa shape index (κ1) is 17.4. The van der Waals surface area contributed by atoms with Crippen molar-refractivity contribution >= 4 is 23.0 Å². The summed E-state index contributed by atoms with van der Waals surface area (Å²) in [4.78, 5) is 31.9. The third kappa shape index (κ3) is 3.85. The molecular weight excluding hydrogens is 310 g/mol. The van der Waals surface area contributed by atoms with Gasteiger partial charge in [-0.15, -0.1) is 11.3 Å². The number of nitriles is 1. The van der Waals surface area contributed by atoms with Crippen LogP contribution in [0.5, 0.6) is 0 Å². The Morgan fingerprint density at radius 3 is 2.78 bits per heavy atom. The average Bonchev–Trinajstić information content (AvgIpc) is 2.94. The lowest BCUT2D eigenvalue weighted by molar-refractivity contribution is -0.123. The Labute approximate surface area is 140 Å².